The van der Waals surface area contributed by atoms with Crippen molar-refractivity contribution in [2.24, 2.45) is 10.4 Å². The molecular weight excluding hydrogens is 304 g/mol. The van der Waals surface area contributed by atoms with Gasteiger partial charge in [-0.25, -0.2) is 0 Å². The van der Waals surface area contributed by atoms with Crippen LogP contribution in [0.4, 0.5) is 0 Å². The molecule has 1 aliphatic heterocycles. The van der Waals surface area contributed by atoms with Crippen LogP contribution in [0.15, 0.2) is 23.2 Å². The minimum atomic E-state index is -0.979. The Kier molecular flexibility index (Phi) is 3.98. The number of carbonyl (C=O) groups is 2. The number of aliphatic imine (C=N–C) groups is 1. The van der Waals surface area contributed by atoms with E-state index in [1.807, 2.05) is 0 Å². The van der Waals surface area contributed by atoms with Gasteiger partial charge in [-0.2, -0.15) is 4.99 Å². The molecule has 2 aliphatic rings. The van der Waals surface area contributed by atoms with Gasteiger partial charge in [-0.15, -0.1) is 0 Å². The van der Waals surface area contributed by atoms with Crippen molar-refractivity contribution >= 4 is 17.8 Å². The molecule has 24 heavy (non-hydrogen) atoms. The van der Waals surface area contributed by atoms with Crippen LogP contribution < -0.4 is 5.32 Å². The van der Waals surface area contributed by atoms with Crippen LogP contribution >= 0.6 is 0 Å². The molecule has 1 unspecified atom stereocenters. The van der Waals surface area contributed by atoms with Gasteiger partial charge >= 0.3 is 6.02 Å². The van der Waals surface area contributed by atoms with Crippen molar-refractivity contribution in [3.05, 3.63) is 34.9 Å². The lowest BCUT2D eigenvalue weighted by molar-refractivity contribution is -0.131. The van der Waals surface area contributed by atoms with E-state index in [0.717, 1.165) is 24.0 Å². The average Bonchev–Trinajstić information content (AvgIpc) is 2.98. The highest BCUT2D eigenvalue weighted by molar-refractivity contribution is 6.07. The zero-order valence-corrected chi connectivity index (χ0v) is 14.7. The minimum Gasteiger partial charge on any atom is -0.447 e. The summed E-state index contributed by atoms with van der Waals surface area (Å²) < 4.78 is 5.84. The topological polar surface area (TPSA) is 67.8 Å². The van der Waals surface area contributed by atoms with E-state index in [1.54, 1.807) is 20.8 Å². The average molecular weight is 328 g/mol. The Morgan fingerprint density at radius 1 is 1.29 bits per heavy atom. The largest absolute Gasteiger partial charge is 0.447 e. The SMILES string of the molecule is CCCc1ccc2c(c1)CC1(C2)OC(NC(=O)C(C)(C)C)=NC1=O. The highest BCUT2D eigenvalue weighted by Gasteiger charge is 2.51. The summed E-state index contributed by atoms with van der Waals surface area (Å²) in [5.74, 6) is -0.521. The lowest BCUT2D eigenvalue weighted by Crippen LogP contribution is -2.43. The maximum Gasteiger partial charge on any atom is 0.300 e. The second kappa shape index (κ2) is 5.72. The Labute approximate surface area is 142 Å². The van der Waals surface area contributed by atoms with Crippen molar-refractivity contribution in [1.82, 2.24) is 5.32 Å². The molecule has 1 heterocycles. The molecular formula is C19H24N2O3. The monoisotopic (exact) mass is 328 g/mol. The van der Waals surface area contributed by atoms with Crippen molar-refractivity contribution in [2.45, 2.75) is 59.0 Å². The fourth-order valence-electron chi connectivity index (χ4n) is 3.15. The molecule has 5 heteroatoms. The number of fused-ring (bicyclic) bond motifs is 1. The molecule has 0 aromatic heterocycles. The molecule has 1 aromatic rings. The predicted molar refractivity (Wildman–Crippen MR) is 91.7 cm³/mol. The van der Waals surface area contributed by atoms with Crippen LogP contribution in [0.1, 0.15) is 50.8 Å². The number of hydrogen-bond donors (Lipinski definition) is 1. The highest BCUT2D eigenvalue weighted by Crippen LogP contribution is 2.37. The Bertz CT molecular complexity index is 731. The molecule has 0 radical (unpaired) electrons. The molecule has 1 N–H and O–H groups in total. The maximum atomic E-state index is 12.5. The van der Waals surface area contributed by atoms with Gasteiger partial charge < -0.3 is 4.74 Å². The Balaban J connectivity index is 1.75. The molecule has 0 bridgehead atoms. The summed E-state index contributed by atoms with van der Waals surface area (Å²) in [6.45, 7) is 7.55. The summed E-state index contributed by atoms with van der Waals surface area (Å²) in [5.41, 5.74) is 2.00. The second-order valence-electron chi connectivity index (χ2n) is 7.73. The summed E-state index contributed by atoms with van der Waals surface area (Å²) in [6, 6.07) is 6.39. The molecule has 1 aromatic carbocycles. The van der Waals surface area contributed by atoms with Gasteiger partial charge in [0.15, 0.2) is 0 Å². The number of nitrogens with zero attached hydrogens (tertiary/aromatic N) is 1. The number of amides is 2. The normalized spacial score (nSPS) is 22.3. The van der Waals surface area contributed by atoms with Crippen LogP contribution in [0.5, 0.6) is 0 Å². The number of carbonyl (C=O) groups excluding carboxylic acids is 2. The summed E-state index contributed by atoms with van der Waals surface area (Å²) >= 11 is 0. The zero-order chi connectivity index (χ0) is 17.5. The van der Waals surface area contributed by atoms with Gasteiger partial charge in [0.25, 0.3) is 5.91 Å². The van der Waals surface area contributed by atoms with Crippen LogP contribution in [0.3, 0.4) is 0 Å². The van der Waals surface area contributed by atoms with Gasteiger partial charge in [-0.05, 0) is 23.1 Å². The second-order valence-corrected chi connectivity index (χ2v) is 7.73. The number of aryl methyl sites for hydroxylation is 1. The summed E-state index contributed by atoms with van der Waals surface area (Å²) in [6.07, 6.45) is 3.13. The van der Waals surface area contributed by atoms with Crippen molar-refractivity contribution in [2.75, 3.05) is 0 Å². The first kappa shape index (κ1) is 16.7. The zero-order valence-electron chi connectivity index (χ0n) is 14.7. The quantitative estimate of drug-likeness (QED) is 0.907. The number of hydrogen-bond acceptors (Lipinski definition) is 3. The Morgan fingerprint density at radius 2 is 2.00 bits per heavy atom. The van der Waals surface area contributed by atoms with Gasteiger partial charge in [0.1, 0.15) is 0 Å². The van der Waals surface area contributed by atoms with E-state index in [2.05, 4.69) is 35.4 Å². The molecule has 0 saturated heterocycles. The first-order valence-electron chi connectivity index (χ1n) is 8.48. The van der Waals surface area contributed by atoms with E-state index in [4.69, 9.17) is 4.74 Å². The van der Waals surface area contributed by atoms with E-state index < -0.39 is 11.0 Å². The number of nitrogens with one attached hydrogen (secondary N) is 1. The first-order valence-corrected chi connectivity index (χ1v) is 8.48. The number of rotatable bonds is 2. The smallest absolute Gasteiger partial charge is 0.300 e. The van der Waals surface area contributed by atoms with Crippen molar-refractivity contribution in [3.8, 4) is 0 Å². The maximum absolute atomic E-state index is 12.5. The highest BCUT2D eigenvalue weighted by atomic mass is 16.5. The number of benzene rings is 1. The van der Waals surface area contributed by atoms with Crippen LogP contribution in [-0.2, 0) is 33.6 Å². The lowest BCUT2D eigenvalue weighted by atomic mass is 9.96. The van der Waals surface area contributed by atoms with E-state index in [9.17, 15) is 9.59 Å². The van der Waals surface area contributed by atoms with Gasteiger partial charge in [0.2, 0.25) is 11.5 Å². The van der Waals surface area contributed by atoms with Crippen LogP contribution in [0.25, 0.3) is 0 Å². The first-order chi connectivity index (χ1) is 11.2. The van der Waals surface area contributed by atoms with Crippen LogP contribution in [0, 0.1) is 5.41 Å². The third kappa shape index (κ3) is 2.95. The van der Waals surface area contributed by atoms with E-state index in [0.29, 0.717) is 12.8 Å². The minimum absolute atomic E-state index is 0.0292. The van der Waals surface area contributed by atoms with Crippen molar-refractivity contribution < 1.29 is 14.3 Å². The van der Waals surface area contributed by atoms with Crippen LogP contribution in [-0.4, -0.2) is 23.4 Å². The van der Waals surface area contributed by atoms with Gasteiger partial charge in [-0.3, -0.25) is 14.9 Å². The summed E-state index contributed by atoms with van der Waals surface area (Å²) in [7, 11) is 0. The molecule has 0 fully saturated rings. The molecule has 5 nitrogen and oxygen atoms in total. The number of ether oxygens (including phenoxy) is 1. The van der Waals surface area contributed by atoms with Gasteiger partial charge in [-0.1, -0.05) is 52.3 Å². The molecule has 1 aliphatic carbocycles. The summed E-state index contributed by atoms with van der Waals surface area (Å²) in [5, 5.41) is 2.63. The van der Waals surface area contributed by atoms with Gasteiger partial charge in [0, 0.05) is 18.3 Å². The summed E-state index contributed by atoms with van der Waals surface area (Å²) in [4.78, 5) is 28.5. The Morgan fingerprint density at radius 3 is 2.67 bits per heavy atom. The standard InChI is InChI=1S/C19H24N2O3/c1-5-6-12-7-8-13-10-19(11-14(13)9-12)16(23)21-17(24-19)20-15(22)18(2,3)4/h7-9H,5-6,10-11H2,1-4H3,(H,20,21,22,23). The van der Waals surface area contributed by atoms with Crippen LogP contribution in [0.2, 0.25) is 0 Å². The third-order valence-electron chi connectivity index (χ3n) is 4.55. The lowest BCUT2D eigenvalue weighted by Gasteiger charge is -2.22. The fraction of sp³-hybridized carbons (Fsp3) is 0.526. The number of amidine groups is 1. The molecule has 128 valence electrons. The molecule has 0 saturated carbocycles. The Hall–Kier alpha value is -2.17. The predicted octanol–water partition coefficient (Wildman–Crippen LogP) is 2.55. The molecule has 2 amide bonds. The van der Waals surface area contributed by atoms with Gasteiger partial charge in [0.05, 0.1) is 0 Å². The molecule has 3 rings (SSSR count). The fourth-order valence-corrected chi connectivity index (χ4v) is 3.15. The van der Waals surface area contributed by atoms with Crippen molar-refractivity contribution in [3.63, 3.8) is 0 Å². The molecule has 1 atom stereocenters. The van der Waals surface area contributed by atoms with E-state index >= 15 is 0 Å². The molecule has 1 spiro atoms. The van der Waals surface area contributed by atoms with Crippen molar-refractivity contribution in [1.29, 1.82) is 0 Å². The third-order valence-corrected chi connectivity index (χ3v) is 4.55. The van der Waals surface area contributed by atoms with E-state index in [-0.39, 0.29) is 17.8 Å². The van der Waals surface area contributed by atoms with E-state index in [1.165, 1.54) is 5.56 Å².